The number of nitrogens with two attached hydrogens (primary N) is 1. The molecule has 0 saturated carbocycles. The smallest absolute Gasteiger partial charge is 0.258 e. The molecule has 0 aliphatic carbocycles. The van der Waals surface area contributed by atoms with Gasteiger partial charge in [0.1, 0.15) is 11.8 Å². The Labute approximate surface area is 164 Å². The highest BCUT2D eigenvalue weighted by Crippen LogP contribution is 2.15. The number of hydrogen-bond acceptors (Lipinski definition) is 5. The number of hydrogen-bond donors (Lipinski definition) is 3. The second kappa shape index (κ2) is 9.34. The fourth-order valence-electron chi connectivity index (χ4n) is 2.39. The van der Waals surface area contributed by atoms with Gasteiger partial charge in [-0.15, -0.1) is 0 Å². The molecule has 2 aromatic rings. The lowest BCUT2D eigenvalue weighted by atomic mass is 10.0. The van der Waals surface area contributed by atoms with E-state index in [0.29, 0.717) is 5.75 Å². The molecule has 0 fully saturated rings. The van der Waals surface area contributed by atoms with Crippen LogP contribution in [0.4, 0.5) is 5.69 Å². The average Bonchev–Trinajstić information content (AvgIpc) is 2.64. The minimum absolute atomic E-state index is 0.119. The van der Waals surface area contributed by atoms with Crippen LogP contribution in [0, 0.1) is 5.92 Å². The average molecular weight is 405 g/mol. The van der Waals surface area contributed by atoms with Crippen LogP contribution in [0.3, 0.4) is 0 Å². The Morgan fingerprint density at radius 1 is 1.07 bits per heavy atom. The van der Waals surface area contributed by atoms with Gasteiger partial charge in [0.05, 0.1) is 4.90 Å². The molecule has 0 bridgehead atoms. The van der Waals surface area contributed by atoms with Gasteiger partial charge in [-0.1, -0.05) is 38.1 Å². The fourth-order valence-corrected chi connectivity index (χ4v) is 2.95. The fraction of sp³-hybridized carbons (Fsp3) is 0.263. The molecule has 28 heavy (non-hydrogen) atoms. The molecule has 9 heteroatoms. The maximum atomic E-state index is 12.6. The first-order valence-corrected chi connectivity index (χ1v) is 10.1. The summed E-state index contributed by atoms with van der Waals surface area (Å²) >= 11 is 0. The number of carbonyl (C=O) groups excluding carboxylic acids is 2. The van der Waals surface area contributed by atoms with Gasteiger partial charge in [0.15, 0.2) is 6.61 Å². The highest BCUT2D eigenvalue weighted by molar-refractivity contribution is 7.89. The zero-order valence-electron chi connectivity index (χ0n) is 15.6. The van der Waals surface area contributed by atoms with E-state index in [1.54, 1.807) is 38.1 Å². The SMILES string of the molecule is CC(C)[C@H](NC(=O)COc1ccccc1)C(=O)Nc1cccc(S(N)(=O)=O)c1. The molecule has 0 aliphatic heterocycles. The third kappa shape index (κ3) is 6.36. The third-order valence-corrected chi connectivity index (χ3v) is 4.72. The molecule has 0 saturated heterocycles. The van der Waals surface area contributed by atoms with Crippen LogP contribution >= 0.6 is 0 Å². The van der Waals surface area contributed by atoms with Crippen LogP contribution in [0.5, 0.6) is 5.75 Å². The van der Waals surface area contributed by atoms with Gasteiger partial charge in [-0.25, -0.2) is 13.6 Å². The van der Waals surface area contributed by atoms with E-state index in [1.807, 2.05) is 6.07 Å². The van der Waals surface area contributed by atoms with E-state index >= 15 is 0 Å². The molecule has 8 nitrogen and oxygen atoms in total. The number of ether oxygens (including phenoxy) is 1. The summed E-state index contributed by atoms with van der Waals surface area (Å²) in [7, 11) is -3.89. The Kier molecular flexibility index (Phi) is 7.13. The summed E-state index contributed by atoms with van der Waals surface area (Å²) in [4.78, 5) is 24.6. The molecule has 2 aromatic carbocycles. The van der Waals surface area contributed by atoms with Crippen LogP contribution in [-0.2, 0) is 19.6 Å². The van der Waals surface area contributed by atoms with Crippen LogP contribution in [0.15, 0.2) is 59.5 Å². The van der Waals surface area contributed by atoms with E-state index in [0.717, 1.165) is 0 Å². The first-order valence-electron chi connectivity index (χ1n) is 8.58. The van der Waals surface area contributed by atoms with Gasteiger partial charge >= 0.3 is 0 Å². The van der Waals surface area contributed by atoms with Crippen molar-refractivity contribution in [2.45, 2.75) is 24.8 Å². The maximum Gasteiger partial charge on any atom is 0.258 e. The van der Waals surface area contributed by atoms with Gasteiger partial charge in [-0.2, -0.15) is 0 Å². The van der Waals surface area contributed by atoms with Crippen LogP contribution in [0.2, 0.25) is 0 Å². The van der Waals surface area contributed by atoms with E-state index in [-0.39, 0.29) is 23.1 Å². The molecular formula is C19H23N3O5S. The predicted octanol–water partition coefficient (Wildman–Crippen LogP) is 1.49. The van der Waals surface area contributed by atoms with Gasteiger partial charge < -0.3 is 15.4 Å². The number of sulfonamides is 1. The number of anilines is 1. The first-order chi connectivity index (χ1) is 13.2. The largest absolute Gasteiger partial charge is 0.484 e. The summed E-state index contributed by atoms with van der Waals surface area (Å²) in [6, 6.07) is 13.6. The lowest BCUT2D eigenvalue weighted by Gasteiger charge is -2.22. The molecule has 0 radical (unpaired) electrons. The van der Waals surface area contributed by atoms with E-state index in [1.165, 1.54) is 24.3 Å². The molecule has 1 atom stereocenters. The summed E-state index contributed by atoms with van der Waals surface area (Å²) in [6.45, 7) is 3.33. The molecule has 2 amide bonds. The van der Waals surface area contributed by atoms with E-state index in [4.69, 9.17) is 9.88 Å². The molecule has 0 heterocycles. The second-order valence-electron chi connectivity index (χ2n) is 6.45. The Morgan fingerprint density at radius 2 is 1.75 bits per heavy atom. The number of amides is 2. The van der Waals surface area contributed by atoms with Crippen LogP contribution in [-0.4, -0.2) is 32.9 Å². The van der Waals surface area contributed by atoms with Crippen LogP contribution in [0.1, 0.15) is 13.8 Å². The summed E-state index contributed by atoms with van der Waals surface area (Å²) < 4.78 is 28.3. The van der Waals surface area contributed by atoms with Gasteiger partial charge in [0, 0.05) is 5.69 Å². The molecule has 0 aromatic heterocycles. The van der Waals surface area contributed by atoms with Crippen molar-refractivity contribution in [2.24, 2.45) is 11.1 Å². The Bertz CT molecular complexity index is 930. The van der Waals surface area contributed by atoms with Crippen molar-refractivity contribution in [3.05, 3.63) is 54.6 Å². The van der Waals surface area contributed by atoms with Gasteiger partial charge in [0.2, 0.25) is 15.9 Å². The summed E-state index contributed by atoms with van der Waals surface area (Å²) in [5.41, 5.74) is 0.261. The molecule has 0 aliphatic rings. The molecule has 0 spiro atoms. The van der Waals surface area contributed by atoms with E-state index in [9.17, 15) is 18.0 Å². The highest BCUT2D eigenvalue weighted by Gasteiger charge is 2.24. The molecule has 0 unspecified atom stereocenters. The Morgan fingerprint density at radius 3 is 2.36 bits per heavy atom. The van der Waals surface area contributed by atoms with Crippen molar-refractivity contribution in [1.82, 2.24) is 5.32 Å². The Hall–Kier alpha value is -2.91. The second-order valence-corrected chi connectivity index (χ2v) is 8.01. The third-order valence-electron chi connectivity index (χ3n) is 3.81. The van der Waals surface area contributed by atoms with Crippen molar-refractivity contribution in [1.29, 1.82) is 0 Å². The minimum Gasteiger partial charge on any atom is -0.484 e. The van der Waals surface area contributed by atoms with Crippen molar-refractivity contribution < 1.29 is 22.7 Å². The standard InChI is InChI=1S/C19H23N3O5S/c1-13(2)18(22-17(23)12-27-15-8-4-3-5-9-15)19(24)21-14-7-6-10-16(11-14)28(20,25)26/h3-11,13,18H,12H2,1-2H3,(H,21,24)(H,22,23)(H2,20,25,26)/t18-/m0/s1. The van der Waals surface area contributed by atoms with Gasteiger partial charge in [0.25, 0.3) is 5.91 Å². The zero-order chi connectivity index (χ0) is 20.7. The molecule has 4 N–H and O–H groups in total. The topological polar surface area (TPSA) is 128 Å². The highest BCUT2D eigenvalue weighted by atomic mass is 32.2. The van der Waals surface area contributed by atoms with E-state index in [2.05, 4.69) is 10.6 Å². The molecule has 2 rings (SSSR count). The summed E-state index contributed by atoms with van der Waals surface area (Å²) in [5, 5.41) is 10.3. The van der Waals surface area contributed by atoms with Crippen LogP contribution < -0.4 is 20.5 Å². The lowest BCUT2D eigenvalue weighted by Crippen LogP contribution is -2.48. The number of rotatable bonds is 8. The summed E-state index contributed by atoms with van der Waals surface area (Å²) in [6.07, 6.45) is 0. The summed E-state index contributed by atoms with van der Waals surface area (Å²) in [5.74, 6) is -0.587. The molecule has 150 valence electrons. The Balaban J connectivity index is 2.01. The number of nitrogens with one attached hydrogen (secondary N) is 2. The number of para-hydroxylation sites is 1. The van der Waals surface area contributed by atoms with Crippen molar-refractivity contribution in [3.8, 4) is 5.75 Å². The van der Waals surface area contributed by atoms with Gasteiger partial charge in [-0.05, 0) is 36.2 Å². The first kappa shape index (κ1) is 21.4. The van der Waals surface area contributed by atoms with Crippen molar-refractivity contribution >= 4 is 27.5 Å². The van der Waals surface area contributed by atoms with E-state index < -0.39 is 27.9 Å². The lowest BCUT2D eigenvalue weighted by molar-refractivity contribution is -0.128. The van der Waals surface area contributed by atoms with Crippen molar-refractivity contribution in [2.75, 3.05) is 11.9 Å². The minimum atomic E-state index is -3.89. The van der Waals surface area contributed by atoms with Crippen LogP contribution in [0.25, 0.3) is 0 Å². The normalized spacial score (nSPS) is 12.3. The number of benzene rings is 2. The predicted molar refractivity (Wildman–Crippen MR) is 105 cm³/mol. The molecular weight excluding hydrogens is 382 g/mol. The zero-order valence-corrected chi connectivity index (χ0v) is 16.4. The van der Waals surface area contributed by atoms with Crippen molar-refractivity contribution in [3.63, 3.8) is 0 Å². The quantitative estimate of drug-likeness (QED) is 0.613. The van der Waals surface area contributed by atoms with Gasteiger partial charge in [-0.3, -0.25) is 9.59 Å². The maximum absolute atomic E-state index is 12.6. The monoisotopic (exact) mass is 405 g/mol. The number of primary sulfonamides is 1. The number of carbonyl (C=O) groups is 2.